The number of rotatable bonds is 6. The van der Waals surface area contributed by atoms with Gasteiger partial charge in [-0.25, -0.2) is 8.42 Å². The van der Waals surface area contributed by atoms with Crippen molar-refractivity contribution in [3.05, 3.63) is 29.8 Å². The average molecular weight is 354 g/mol. The fraction of sp³-hybridized carbons (Fsp3) is 0.588. The third kappa shape index (κ3) is 4.55. The molecular formula is C17H26N2O4S. The molecule has 0 aliphatic carbocycles. The molecule has 1 aliphatic rings. The molecule has 0 spiro atoms. The number of amides is 1. The molecule has 2 atom stereocenters. The first-order valence-electron chi connectivity index (χ1n) is 8.22. The number of methoxy groups -OCH3 is 1. The number of nitrogens with zero attached hydrogens (tertiary/aromatic N) is 1. The van der Waals surface area contributed by atoms with Gasteiger partial charge in [-0.3, -0.25) is 4.79 Å². The fourth-order valence-corrected chi connectivity index (χ4v) is 4.78. The van der Waals surface area contributed by atoms with Crippen LogP contribution in [0.2, 0.25) is 0 Å². The van der Waals surface area contributed by atoms with Gasteiger partial charge in [-0.05, 0) is 42.5 Å². The van der Waals surface area contributed by atoms with Crippen molar-refractivity contribution in [2.24, 2.45) is 11.8 Å². The quantitative estimate of drug-likeness (QED) is 0.790. The number of nitrogens with one attached hydrogen (secondary N) is 1. The Morgan fingerprint density at radius 3 is 2.33 bits per heavy atom. The zero-order valence-electron chi connectivity index (χ0n) is 14.5. The molecule has 7 heteroatoms. The van der Waals surface area contributed by atoms with Gasteiger partial charge >= 0.3 is 0 Å². The first-order valence-corrected chi connectivity index (χ1v) is 9.66. The summed E-state index contributed by atoms with van der Waals surface area (Å²) in [4.78, 5) is 12.2. The van der Waals surface area contributed by atoms with E-state index in [0.717, 1.165) is 6.42 Å². The van der Waals surface area contributed by atoms with Crippen LogP contribution in [0.25, 0.3) is 0 Å². The van der Waals surface area contributed by atoms with Gasteiger partial charge in [0.15, 0.2) is 0 Å². The van der Waals surface area contributed by atoms with Crippen LogP contribution in [0.5, 0.6) is 0 Å². The molecule has 1 saturated heterocycles. The Kier molecular flexibility index (Phi) is 6.37. The molecule has 1 aliphatic heterocycles. The predicted molar refractivity (Wildman–Crippen MR) is 92.4 cm³/mol. The van der Waals surface area contributed by atoms with Gasteiger partial charge in [0.2, 0.25) is 10.0 Å². The van der Waals surface area contributed by atoms with E-state index in [-0.39, 0.29) is 10.8 Å². The van der Waals surface area contributed by atoms with Gasteiger partial charge in [0.1, 0.15) is 0 Å². The zero-order valence-corrected chi connectivity index (χ0v) is 15.3. The molecule has 0 saturated carbocycles. The maximum atomic E-state index is 12.8. The Labute approximate surface area is 144 Å². The second-order valence-electron chi connectivity index (χ2n) is 6.54. The first-order chi connectivity index (χ1) is 11.3. The summed E-state index contributed by atoms with van der Waals surface area (Å²) in [7, 11) is -1.95. The Bertz CT molecular complexity index is 648. The number of hydrogen-bond donors (Lipinski definition) is 1. The topological polar surface area (TPSA) is 75.7 Å². The van der Waals surface area contributed by atoms with Crippen molar-refractivity contribution in [1.29, 1.82) is 0 Å². The molecule has 1 fully saturated rings. The molecule has 1 N–H and O–H groups in total. The molecule has 0 radical (unpaired) electrons. The third-order valence-corrected chi connectivity index (χ3v) is 6.03. The van der Waals surface area contributed by atoms with E-state index in [2.05, 4.69) is 19.2 Å². The summed E-state index contributed by atoms with van der Waals surface area (Å²) >= 11 is 0. The van der Waals surface area contributed by atoms with Gasteiger partial charge < -0.3 is 10.1 Å². The minimum atomic E-state index is -3.51. The van der Waals surface area contributed by atoms with Gasteiger partial charge in [0.25, 0.3) is 5.91 Å². The fourth-order valence-electron chi connectivity index (χ4n) is 3.10. The summed E-state index contributed by atoms with van der Waals surface area (Å²) in [5.41, 5.74) is 0.436. The summed E-state index contributed by atoms with van der Waals surface area (Å²) in [5, 5.41) is 2.71. The van der Waals surface area contributed by atoms with Crippen molar-refractivity contribution in [3.63, 3.8) is 0 Å². The molecule has 0 aromatic heterocycles. The molecule has 1 heterocycles. The van der Waals surface area contributed by atoms with Crippen LogP contribution in [0.1, 0.15) is 30.6 Å². The molecular weight excluding hydrogens is 328 g/mol. The van der Waals surface area contributed by atoms with Crippen molar-refractivity contribution in [1.82, 2.24) is 9.62 Å². The SMILES string of the molecule is COCCNC(=O)c1ccc(S(=O)(=O)N2CC(C)CC(C)C2)cc1. The van der Waals surface area contributed by atoms with Crippen LogP contribution in [0.4, 0.5) is 0 Å². The van der Waals surface area contributed by atoms with Crippen LogP contribution in [-0.4, -0.2) is 52.0 Å². The first kappa shape index (κ1) is 18.9. The molecule has 134 valence electrons. The lowest BCUT2D eigenvalue weighted by atomic mass is 9.94. The van der Waals surface area contributed by atoms with Crippen molar-refractivity contribution in [2.45, 2.75) is 25.2 Å². The van der Waals surface area contributed by atoms with Crippen LogP contribution >= 0.6 is 0 Å². The minimum absolute atomic E-state index is 0.234. The molecule has 6 nitrogen and oxygen atoms in total. The summed E-state index contributed by atoms with van der Waals surface area (Å²) in [6.45, 7) is 6.09. The maximum Gasteiger partial charge on any atom is 0.251 e. The number of carbonyl (C=O) groups excluding carboxylic acids is 1. The number of ether oxygens (including phenoxy) is 1. The highest BCUT2D eigenvalue weighted by Crippen LogP contribution is 2.26. The van der Waals surface area contributed by atoms with Crippen LogP contribution in [0.3, 0.4) is 0 Å². The van der Waals surface area contributed by atoms with Crippen molar-refractivity contribution in [2.75, 3.05) is 33.4 Å². The Balaban J connectivity index is 2.10. The highest BCUT2D eigenvalue weighted by Gasteiger charge is 2.31. The lowest BCUT2D eigenvalue weighted by Gasteiger charge is -2.34. The normalized spacial score (nSPS) is 22.3. The molecule has 0 bridgehead atoms. The monoisotopic (exact) mass is 354 g/mol. The van der Waals surface area contributed by atoms with Gasteiger partial charge in [-0.15, -0.1) is 0 Å². The minimum Gasteiger partial charge on any atom is -0.383 e. The van der Waals surface area contributed by atoms with E-state index in [1.807, 2.05) is 0 Å². The van der Waals surface area contributed by atoms with Crippen LogP contribution in [0, 0.1) is 11.8 Å². The van der Waals surface area contributed by atoms with E-state index in [9.17, 15) is 13.2 Å². The number of hydrogen-bond acceptors (Lipinski definition) is 4. The van der Waals surface area contributed by atoms with Crippen LogP contribution < -0.4 is 5.32 Å². The third-order valence-electron chi connectivity index (χ3n) is 4.18. The van der Waals surface area contributed by atoms with Crippen molar-refractivity contribution >= 4 is 15.9 Å². The molecule has 1 aromatic rings. The van der Waals surface area contributed by atoms with Crippen molar-refractivity contribution < 1.29 is 17.9 Å². The van der Waals surface area contributed by atoms with Gasteiger partial charge in [0.05, 0.1) is 11.5 Å². The summed E-state index contributed by atoms with van der Waals surface area (Å²) in [6.07, 6.45) is 1.05. The molecule has 1 amide bonds. The molecule has 24 heavy (non-hydrogen) atoms. The van der Waals surface area contributed by atoms with E-state index in [1.54, 1.807) is 23.5 Å². The lowest BCUT2D eigenvalue weighted by Crippen LogP contribution is -2.42. The number of sulfonamides is 1. The predicted octanol–water partition coefficient (Wildman–Crippen LogP) is 1.73. The molecule has 2 rings (SSSR count). The summed E-state index contributed by atoms with van der Waals surface area (Å²) in [5.74, 6) is 0.472. The number of piperidine rings is 1. The van der Waals surface area contributed by atoms with Gasteiger partial charge in [-0.1, -0.05) is 13.8 Å². The molecule has 1 aromatic carbocycles. The molecule has 2 unspecified atom stereocenters. The lowest BCUT2D eigenvalue weighted by molar-refractivity contribution is 0.0937. The summed E-state index contributed by atoms with van der Waals surface area (Å²) < 4.78 is 32.0. The largest absolute Gasteiger partial charge is 0.383 e. The smallest absolute Gasteiger partial charge is 0.251 e. The second-order valence-corrected chi connectivity index (χ2v) is 8.48. The van der Waals surface area contributed by atoms with Crippen LogP contribution in [0.15, 0.2) is 29.2 Å². The highest BCUT2D eigenvalue weighted by atomic mass is 32.2. The number of benzene rings is 1. The Morgan fingerprint density at radius 2 is 1.79 bits per heavy atom. The van der Waals surface area contributed by atoms with E-state index in [1.165, 1.54) is 12.1 Å². The van der Waals surface area contributed by atoms with E-state index in [4.69, 9.17) is 4.74 Å². The van der Waals surface area contributed by atoms with Crippen LogP contribution in [-0.2, 0) is 14.8 Å². The summed E-state index contributed by atoms with van der Waals surface area (Å²) in [6, 6.07) is 6.10. The highest BCUT2D eigenvalue weighted by molar-refractivity contribution is 7.89. The van der Waals surface area contributed by atoms with Crippen molar-refractivity contribution in [3.8, 4) is 0 Å². The average Bonchev–Trinajstić information content (AvgIpc) is 2.54. The van der Waals surface area contributed by atoms with Gasteiger partial charge in [0, 0.05) is 32.3 Å². The Morgan fingerprint density at radius 1 is 1.21 bits per heavy atom. The van der Waals surface area contributed by atoms with Gasteiger partial charge in [-0.2, -0.15) is 4.31 Å². The van der Waals surface area contributed by atoms with E-state index < -0.39 is 10.0 Å². The van der Waals surface area contributed by atoms with E-state index in [0.29, 0.717) is 43.6 Å². The number of carbonyl (C=O) groups is 1. The second kappa shape index (κ2) is 8.09. The Hall–Kier alpha value is -1.44. The standard InChI is InChI=1S/C17H26N2O4S/c1-13-10-14(2)12-19(11-13)24(21,22)16-6-4-15(5-7-16)17(20)18-8-9-23-3/h4-7,13-14H,8-12H2,1-3H3,(H,18,20). The maximum absolute atomic E-state index is 12.8. The van der Waals surface area contributed by atoms with E-state index >= 15 is 0 Å². The zero-order chi connectivity index (χ0) is 17.7.